The summed E-state index contributed by atoms with van der Waals surface area (Å²) < 4.78 is 0. The average Bonchev–Trinajstić information content (AvgIpc) is 2.89. The lowest BCUT2D eigenvalue weighted by Crippen LogP contribution is -2.41. The summed E-state index contributed by atoms with van der Waals surface area (Å²) in [7, 11) is 0. The zero-order valence-electron chi connectivity index (χ0n) is 11.8. The molecule has 0 radical (unpaired) electrons. The summed E-state index contributed by atoms with van der Waals surface area (Å²) in [5.74, 6) is 0. The Kier molecular flexibility index (Phi) is 4.83. The van der Waals surface area contributed by atoms with E-state index in [0.717, 1.165) is 19.5 Å². The van der Waals surface area contributed by atoms with Crippen molar-refractivity contribution in [2.45, 2.75) is 38.8 Å². The van der Waals surface area contributed by atoms with Crippen molar-refractivity contribution in [1.29, 1.82) is 0 Å². The van der Waals surface area contributed by atoms with Gasteiger partial charge in [-0.15, -0.1) is 0 Å². The van der Waals surface area contributed by atoms with Crippen molar-refractivity contribution in [2.24, 2.45) is 0 Å². The number of nitro benzene ring substituents is 1. The zero-order chi connectivity index (χ0) is 14.7. The van der Waals surface area contributed by atoms with E-state index in [9.17, 15) is 10.1 Å². The highest BCUT2D eigenvalue weighted by Crippen LogP contribution is 2.32. The summed E-state index contributed by atoms with van der Waals surface area (Å²) in [5.41, 5.74) is 0.715. The first-order chi connectivity index (χ1) is 9.49. The van der Waals surface area contributed by atoms with Crippen LogP contribution in [0.25, 0.3) is 0 Å². The van der Waals surface area contributed by atoms with Gasteiger partial charge in [0.2, 0.25) is 0 Å². The largest absolute Gasteiger partial charge is 0.362 e. The summed E-state index contributed by atoms with van der Waals surface area (Å²) in [6.45, 7) is 5.90. The molecule has 1 atom stereocenters. The van der Waals surface area contributed by atoms with Crippen LogP contribution in [0.5, 0.6) is 0 Å². The van der Waals surface area contributed by atoms with E-state index in [-0.39, 0.29) is 16.7 Å². The second-order valence-electron chi connectivity index (χ2n) is 5.43. The molecule has 5 nitrogen and oxygen atoms in total. The normalized spacial score (nSPS) is 18.5. The van der Waals surface area contributed by atoms with Gasteiger partial charge in [0.05, 0.1) is 4.92 Å². The molecule has 6 heteroatoms. The molecule has 1 aliphatic rings. The number of nitrogens with zero attached hydrogens (tertiary/aromatic N) is 2. The van der Waals surface area contributed by atoms with Crippen molar-refractivity contribution in [1.82, 2.24) is 5.32 Å². The quantitative estimate of drug-likeness (QED) is 0.670. The zero-order valence-corrected chi connectivity index (χ0v) is 12.6. The van der Waals surface area contributed by atoms with E-state index in [0.29, 0.717) is 16.8 Å². The molecule has 1 aromatic carbocycles. The smallest absolute Gasteiger partial charge is 0.294 e. The maximum Gasteiger partial charge on any atom is 0.294 e. The van der Waals surface area contributed by atoms with Gasteiger partial charge in [-0.05, 0) is 45.4 Å². The Hall–Kier alpha value is -1.33. The van der Waals surface area contributed by atoms with Crippen LogP contribution in [0.4, 0.5) is 11.4 Å². The highest BCUT2D eigenvalue weighted by molar-refractivity contribution is 6.30. The predicted molar refractivity (Wildman–Crippen MR) is 81.6 cm³/mol. The molecule has 0 spiro atoms. The first kappa shape index (κ1) is 15.1. The summed E-state index contributed by atoms with van der Waals surface area (Å²) >= 11 is 5.88. The molecule has 0 aromatic heterocycles. The first-order valence-electron chi connectivity index (χ1n) is 6.93. The van der Waals surface area contributed by atoms with Crippen LogP contribution in [0, 0.1) is 10.1 Å². The van der Waals surface area contributed by atoms with Gasteiger partial charge in [-0.3, -0.25) is 10.1 Å². The number of hydrogen-bond acceptors (Lipinski definition) is 4. The van der Waals surface area contributed by atoms with Crippen LogP contribution in [0.15, 0.2) is 18.2 Å². The minimum Gasteiger partial charge on any atom is -0.362 e. The molecule has 1 aliphatic heterocycles. The van der Waals surface area contributed by atoms with Crippen LogP contribution < -0.4 is 10.2 Å². The van der Waals surface area contributed by atoms with Crippen LogP contribution in [-0.4, -0.2) is 30.1 Å². The number of nitrogens with one attached hydrogen (secondary N) is 1. The standard InChI is InChI=1S/C14H20ClN3O2/c1-10(2)17(9-12-4-3-7-16-12)13-6-5-11(15)8-14(13)18(19)20/h5-6,8,10,12,16H,3-4,7,9H2,1-2H3. The number of benzene rings is 1. The molecule has 1 unspecified atom stereocenters. The average molecular weight is 298 g/mol. The third kappa shape index (κ3) is 3.41. The van der Waals surface area contributed by atoms with Gasteiger partial charge in [0.15, 0.2) is 0 Å². The molecule has 2 rings (SSSR count). The lowest BCUT2D eigenvalue weighted by atomic mass is 10.1. The molecule has 20 heavy (non-hydrogen) atoms. The third-order valence-corrected chi connectivity index (χ3v) is 3.88. The fourth-order valence-electron chi connectivity index (χ4n) is 2.62. The van der Waals surface area contributed by atoms with Crippen molar-refractivity contribution in [3.05, 3.63) is 33.3 Å². The van der Waals surface area contributed by atoms with Gasteiger partial charge in [0.25, 0.3) is 5.69 Å². The summed E-state index contributed by atoms with van der Waals surface area (Å²) in [6, 6.07) is 5.47. The van der Waals surface area contributed by atoms with Gasteiger partial charge in [0, 0.05) is 29.7 Å². The van der Waals surface area contributed by atoms with E-state index < -0.39 is 0 Å². The number of halogens is 1. The maximum atomic E-state index is 11.2. The van der Waals surface area contributed by atoms with Crippen molar-refractivity contribution in [2.75, 3.05) is 18.0 Å². The first-order valence-corrected chi connectivity index (χ1v) is 7.31. The molecule has 1 heterocycles. The van der Waals surface area contributed by atoms with Crippen LogP contribution in [-0.2, 0) is 0 Å². The summed E-state index contributed by atoms with van der Waals surface area (Å²) in [6.07, 6.45) is 2.28. The maximum absolute atomic E-state index is 11.2. The molecule has 1 N–H and O–H groups in total. The lowest BCUT2D eigenvalue weighted by molar-refractivity contribution is -0.384. The minimum atomic E-state index is -0.362. The second-order valence-corrected chi connectivity index (χ2v) is 5.87. The van der Waals surface area contributed by atoms with E-state index in [1.165, 1.54) is 12.5 Å². The van der Waals surface area contributed by atoms with E-state index in [4.69, 9.17) is 11.6 Å². The second kappa shape index (κ2) is 6.41. The van der Waals surface area contributed by atoms with Crippen LogP contribution in [0.2, 0.25) is 5.02 Å². The summed E-state index contributed by atoms with van der Waals surface area (Å²) in [4.78, 5) is 13.0. The van der Waals surface area contributed by atoms with Gasteiger partial charge in [-0.1, -0.05) is 11.6 Å². The van der Waals surface area contributed by atoms with Crippen molar-refractivity contribution >= 4 is 23.0 Å². The highest BCUT2D eigenvalue weighted by atomic mass is 35.5. The molecule has 1 fully saturated rings. The van der Waals surface area contributed by atoms with Crippen molar-refractivity contribution in [3.8, 4) is 0 Å². The number of hydrogen-bond donors (Lipinski definition) is 1. The van der Waals surface area contributed by atoms with Crippen LogP contribution in [0.1, 0.15) is 26.7 Å². The van der Waals surface area contributed by atoms with E-state index in [1.807, 2.05) is 13.8 Å². The molecule has 0 aliphatic carbocycles. The molecule has 1 saturated heterocycles. The van der Waals surface area contributed by atoms with E-state index >= 15 is 0 Å². The van der Waals surface area contributed by atoms with Gasteiger partial charge < -0.3 is 10.2 Å². The molecule has 0 saturated carbocycles. The third-order valence-electron chi connectivity index (χ3n) is 3.65. The Labute approximate surface area is 124 Å². The summed E-state index contributed by atoms with van der Waals surface area (Å²) in [5, 5.41) is 15.1. The topological polar surface area (TPSA) is 58.4 Å². The van der Waals surface area contributed by atoms with Crippen LogP contribution >= 0.6 is 11.6 Å². The Morgan fingerprint density at radius 2 is 2.30 bits per heavy atom. The lowest BCUT2D eigenvalue weighted by Gasteiger charge is -2.31. The number of rotatable bonds is 5. The predicted octanol–water partition coefficient (Wildman–Crippen LogP) is 3.22. The Bertz CT molecular complexity index is 487. The SMILES string of the molecule is CC(C)N(CC1CCCN1)c1ccc(Cl)cc1[N+](=O)[O-]. The molecular weight excluding hydrogens is 278 g/mol. The van der Waals surface area contributed by atoms with Crippen molar-refractivity contribution < 1.29 is 4.92 Å². The van der Waals surface area contributed by atoms with E-state index in [1.54, 1.807) is 12.1 Å². The molecule has 0 bridgehead atoms. The van der Waals surface area contributed by atoms with Crippen molar-refractivity contribution in [3.63, 3.8) is 0 Å². The highest BCUT2D eigenvalue weighted by Gasteiger charge is 2.25. The molecular formula is C14H20ClN3O2. The molecule has 0 amide bonds. The number of nitro groups is 1. The molecule has 1 aromatic rings. The van der Waals surface area contributed by atoms with Crippen LogP contribution in [0.3, 0.4) is 0 Å². The Balaban J connectivity index is 2.30. The number of anilines is 1. The monoisotopic (exact) mass is 297 g/mol. The fraction of sp³-hybridized carbons (Fsp3) is 0.571. The Morgan fingerprint density at radius 1 is 1.55 bits per heavy atom. The molecule has 110 valence electrons. The van der Waals surface area contributed by atoms with Gasteiger partial charge >= 0.3 is 0 Å². The van der Waals surface area contributed by atoms with Gasteiger partial charge in [-0.25, -0.2) is 0 Å². The fourth-order valence-corrected chi connectivity index (χ4v) is 2.79. The van der Waals surface area contributed by atoms with Gasteiger partial charge in [-0.2, -0.15) is 0 Å². The minimum absolute atomic E-state index is 0.0733. The van der Waals surface area contributed by atoms with E-state index in [2.05, 4.69) is 10.2 Å². The Morgan fingerprint density at radius 3 is 2.85 bits per heavy atom. The van der Waals surface area contributed by atoms with Gasteiger partial charge in [0.1, 0.15) is 5.69 Å².